The minimum atomic E-state index is -1.21. The summed E-state index contributed by atoms with van der Waals surface area (Å²) in [5, 5.41) is 36.4. The Labute approximate surface area is 294 Å². The van der Waals surface area contributed by atoms with Crippen molar-refractivity contribution in [2.45, 2.75) is 195 Å². The Morgan fingerprint density at radius 2 is 0.688 bits per heavy atom. The number of hydrogen-bond donors (Lipinski definition) is 0. The molecule has 0 aromatic rings. The van der Waals surface area contributed by atoms with Crippen LogP contribution in [-0.4, -0.2) is 72.1 Å². The van der Waals surface area contributed by atoms with E-state index in [-0.39, 0.29) is 22.9 Å². The van der Waals surface area contributed by atoms with Crippen LogP contribution < -0.4 is 0 Å². The van der Waals surface area contributed by atoms with E-state index in [9.17, 15) is 0 Å². The zero-order valence-corrected chi connectivity index (χ0v) is 34.6. The fourth-order valence-electron chi connectivity index (χ4n) is 5.09. The Kier molecular flexibility index (Phi) is 17.3. The third kappa shape index (κ3) is 22.1. The van der Waals surface area contributed by atoms with Crippen LogP contribution in [0.15, 0.2) is 40.9 Å². The van der Waals surface area contributed by atoms with Crippen LogP contribution in [0.4, 0.5) is 0 Å². The van der Waals surface area contributed by atoms with Crippen molar-refractivity contribution < 1.29 is 19.2 Å². The Bertz CT molecular complexity index is 986. The fraction of sp³-hybridized carbons (Fsp3) is 1.00. The zero-order valence-electron chi connectivity index (χ0n) is 34.6. The number of nitrogens with zero attached hydrogens (tertiary/aromatic N) is 8. The van der Waals surface area contributed by atoms with Crippen molar-refractivity contribution in [1.82, 2.24) is 0 Å². The van der Waals surface area contributed by atoms with E-state index in [0.29, 0.717) is 38.8 Å². The van der Waals surface area contributed by atoms with Crippen LogP contribution in [0.3, 0.4) is 0 Å². The highest BCUT2D eigenvalue weighted by molar-refractivity contribution is 4.90. The summed E-state index contributed by atoms with van der Waals surface area (Å²) in [6.45, 7) is 37.5. The molecule has 0 aliphatic rings. The van der Waals surface area contributed by atoms with Crippen molar-refractivity contribution in [2.75, 3.05) is 27.3 Å². The highest BCUT2D eigenvalue weighted by Crippen LogP contribution is 2.38. The first-order valence-corrected chi connectivity index (χ1v) is 17.5. The molecule has 12 nitrogen and oxygen atoms in total. The molecule has 0 rings (SSSR count). The number of hydrogen-bond acceptors (Lipinski definition) is 12. The summed E-state index contributed by atoms with van der Waals surface area (Å²) < 4.78 is 12.2. The van der Waals surface area contributed by atoms with Crippen molar-refractivity contribution >= 4 is 0 Å². The number of azo groups is 4. The first kappa shape index (κ1) is 46.2. The quantitative estimate of drug-likeness (QED) is 0.0760. The molecular weight excluding hydrogens is 608 g/mol. The number of rotatable bonds is 19. The highest BCUT2D eigenvalue weighted by Gasteiger charge is 2.44. The standard InChI is InChI=1S/C36H74N8O4/c1-27(23-37-39-29(3,4)5)21-33(15,45-19)25-35(17,43-41-31(9,10)11)47-48-36(18,44-42-32(12,13)14)26-34(16,46-20)22-28(2)24-38-40-30(6,7)8/h27-28H,21-26H2,1-20H3. The summed E-state index contributed by atoms with van der Waals surface area (Å²) in [7, 11) is 3.42. The monoisotopic (exact) mass is 683 g/mol. The van der Waals surface area contributed by atoms with Crippen molar-refractivity contribution in [3.05, 3.63) is 0 Å². The van der Waals surface area contributed by atoms with Crippen LogP contribution in [-0.2, 0) is 19.2 Å². The molecule has 48 heavy (non-hydrogen) atoms. The maximum atomic E-state index is 6.33. The molecular formula is C36H74N8O4. The van der Waals surface area contributed by atoms with E-state index in [2.05, 4.69) is 58.4 Å². The van der Waals surface area contributed by atoms with Gasteiger partial charge in [-0.05, 0) is 135 Å². The SMILES string of the molecule is COC(C)(CC(C)CN=NC(C)(C)C)CC(C)(N=NC(C)(C)C)OOC(C)(CC(C)(CC(C)CN=NC(C)(C)C)OC)N=NC(C)(C)C. The molecule has 0 heterocycles. The van der Waals surface area contributed by atoms with Crippen LogP contribution >= 0.6 is 0 Å². The second-order valence-electron chi connectivity index (χ2n) is 18.7. The van der Waals surface area contributed by atoms with Crippen LogP contribution in [0, 0.1) is 11.8 Å². The molecule has 12 heteroatoms. The molecule has 0 aliphatic heterocycles. The van der Waals surface area contributed by atoms with Gasteiger partial charge in [-0.1, -0.05) is 13.8 Å². The first-order chi connectivity index (χ1) is 21.4. The summed E-state index contributed by atoms with van der Waals surface area (Å²) in [4.78, 5) is 12.7. The zero-order chi connectivity index (χ0) is 37.9. The lowest BCUT2D eigenvalue weighted by Crippen LogP contribution is -2.45. The van der Waals surface area contributed by atoms with Crippen LogP contribution in [0.5, 0.6) is 0 Å². The second kappa shape index (κ2) is 17.9. The molecule has 0 saturated carbocycles. The summed E-state index contributed by atoms with van der Waals surface area (Å²) >= 11 is 0. The van der Waals surface area contributed by atoms with E-state index in [1.54, 1.807) is 14.2 Å². The van der Waals surface area contributed by atoms with E-state index >= 15 is 0 Å². The molecule has 0 fully saturated rings. The molecule has 0 N–H and O–H groups in total. The minimum Gasteiger partial charge on any atom is -0.378 e. The molecule has 0 spiro atoms. The lowest BCUT2D eigenvalue weighted by molar-refractivity contribution is -0.417. The summed E-state index contributed by atoms with van der Waals surface area (Å²) in [5.74, 6) is 0.396. The largest absolute Gasteiger partial charge is 0.378 e. The average molecular weight is 683 g/mol. The van der Waals surface area contributed by atoms with Gasteiger partial charge in [0.15, 0.2) is 0 Å². The third-order valence-electron chi connectivity index (χ3n) is 7.00. The predicted octanol–water partition coefficient (Wildman–Crippen LogP) is 11.0. The maximum Gasteiger partial charge on any atom is 0.212 e. The van der Waals surface area contributed by atoms with Gasteiger partial charge in [0.05, 0.1) is 46.4 Å². The molecule has 0 saturated heterocycles. The normalized spacial score (nSPS) is 20.7. The van der Waals surface area contributed by atoms with E-state index < -0.39 is 33.7 Å². The smallest absolute Gasteiger partial charge is 0.212 e. The van der Waals surface area contributed by atoms with E-state index in [0.717, 1.165) is 0 Å². The molecule has 6 atom stereocenters. The number of methoxy groups -OCH3 is 2. The Morgan fingerprint density at radius 1 is 0.417 bits per heavy atom. The van der Waals surface area contributed by atoms with E-state index in [1.807, 2.05) is 96.9 Å². The van der Waals surface area contributed by atoms with Crippen LogP contribution in [0.25, 0.3) is 0 Å². The Morgan fingerprint density at radius 3 is 0.917 bits per heavy atom. The molecule has 0 aromatic carbocycles. The topological polar surface area (TPSA) is 136 Å². The lowest BCUT2D eigenvalue weighted by atomic mass is 9.86. The fourth-order valence-corrected chi connectivity index (χ4v) is 5.09. The summed E-state index contributed by atoms with van der Waals surface area (Å²) in [5.41, 5.74) is -4.99. The Balaban J connectivity index is 6.44. The van der Waals surface area contributed by atoms with Crippen molar-refractivity contribution in [3.63, 3.8) is 0 Å². The molecule has 0 aromatic heterocycles. The molecule has 0 amide bonds. The van der Waals surface area contributed by atoms with Crippen molar-refractivity contribution in [1.29, 1.82) is 0 Å². The lowest BCUT2D eigenvalue weighted by Gasteiger charge is -2.40. The van der Waals surface area contributed by atoms with Gasteiger partial charge in [-0.3, -0.25) is 0 Å². The van der Waals surface area contributed by atoms with Gasteiger partial charge in [-0.15, -0.1) is 0 Å². The molecule has 282 valence electrons. The van der Waals surface area contributed by atoms with Gasteiger partial charge in [0.2, 0.25) is 11.4 Å². The van der Waals surface area contributed by atoms with Gasteiger partial charge in [0.25, 0.3) is 0 Å². The van der Waals surface area contributed by atoms with Gasteiger partial charge in [-0.25, -0.2) is 9.78 Å². The van der Waals surface area contributed by atoms with Gasteiger partial charge >= 0.3 is 0 Å². The van der Waals surface area contributed by atoms with E-state index in [4.69, 9.17) is 29.5 Å². The van der Waals surface area contributed by atoms with Gasteiger partial charge in [-0.2, -0.15) is 40.9 Å². The van der Waals surface area contributed by atoms with Gasteiger partial charge < -0.3 is 9.47 Å². The highest BCUT2D eigenvalue weighted by atomic mass is 17.2. The van der Waals surface area contributed by atoms with Gasteiger partial charge in [0, 0.05) is 27.1 Å². The number of ether oxygens (including phenoxy) is 2. The van der Waals surface area contributed by atoms with Crippen LogP contribution in [0.2, 0.25) is 0 Å². The molecule has 0 radical (unpaired) electrons. The third-order valence-corrected chi connectivity index (χ3v) is 7.00. The first-order valence-electron chi connectivity index (χ1n) is 17.5. The maximum absolute atomic E-state index is 6.33. The van der Waals surface area contributed by atoms with E-state index in [1.165, 1.54) is 0 Å². The van der Waals surface area contributed by atoms with Crippen molar-refractivity contribution in [2.24, 2.45) is 52.7 Å². The van der Waals surface area contributed by atoms with Crippen molar-refractivity contribution in [3.8, 4) is 0 Å². The minimum absolute atomic E-state index is 0.198. The molecule has 6 unspecified atom stereocenters. The predicted molar refractivity (Wildman–Crippen MR) is 195 cm³/mol. The summed E-state index contributed by atoms with van der Waals surface area (Å²) in [6.07, 6.45) is 2.12. The average Bonchev–Trinajstić information content (AvgIpc) is 2.87. The van der Waals surface area contributed by atoms with Crippen LogP contribution in [0.1, 0.15) is 150 Å². The summed E-state index contributed by atoms with van der Waals surface area (Å²) in [6, 6.07) is 0. The van der Waals surface area contributed by atoms with Gasteiger partial charge in [0.1, 0.15) is 0 Å². The molecule has 0 bridgehead atoms. The Hall–Kier alpha value is -1.76. The second-order valence-corrected chi connectivity index (χ2v) is 18.7. The molecule has 0 aliphatic carbocycles.